The van der Waals surface area contributed by atoms with Gasteiger partial charge in [0.15, 0.2) is 0 Å². The van der Waals surface area contributed by atoms with E-state index in [9.17, 15) is 4.79 Å². The summed E-state index contributed by atoms with van der Waals surface area (Å²) in [6.45, 7) is 0. The Balaban J connectivity index is 1.92. The number of halogens is 1. The molecule has 22 heavy (non-hydrogen) atoms. The molecule has 0 bridgehead atoms. The molecule has 1 N–H and O–H groups in total. The predicted molar refractivity (Wildman–Crippen MR) is 93.4 cm³/mol. The summed E-state index contributed by atoms with van der Waals surface area (Å²) in [4.78, 5) is 18.6. The van der Waals surface area contributed by atoms with Gasteiger partial charge in [-0.05, 0) is 36.4 Å². The number of nitrogens with one attached hydrogen (secondary N) is 1. The lowest BCUT2D eigenvalue weighted by molar-refractivity contribution is 0.102. The molecule has 0 atom stereocenters. The Morgan fingerprint density at radius 3 is 2.82 bits per heavy atom. The van der Waals surface area contributed by atoms with Gasteiger partial charge < -0.3 is 10.2 Å². The summed E-state index contributed by atoms with van der Waals surface area (Å²) in [5.74, 6) is -0.166. The Bertz CT molecular complexity index is 844. The highest BCUT2D eigenvalue weighted by atomic mass is 35.5. The Morgan fingerprint density at radius 2 is 2.05 bits per heavy atom. The van der Waals surface area contributed by atoms with Crippen LogP contribution in [0, 0.1) is 0 Å². The number of hydrogen-bond acceptors (Lipinski definition) is 4. The van der Waals surface area contributed by atoms with E-state index in [4.69, 9.17) is 11.6 Å². The lowest BCUT2D eigenvalue weighted by Gasteiger charge is -2.18. The third kappa shape index (κ3) is 2.91. The fraction of sp³-hybridized carbons (Fsp3) is 0.125. The largest absolute Gasteiger partial charge is 0.376 e. The number of amides is 1. The standard InChI is InChI=1S/C16H14ClN3OS/c1-20(2)14-6-4-11(17)8-13(14)19-16(21)10-3-5-12-15(7-10)22-9-18-12/h3-9H,1-2H3,(H,19,21). The van der Waals surface area contributed by atoms with E-state index in [0.29, 0.717) is 16.3 Å². The molecule has 1 heterocycles. The molecule has 0 saturated heterocycles. The molecule has 3 rings (SSSR count). The van der Waals surface area contributed by atoms with Crippen molar-refractivity contribution in [1.82, 2.24) is 4.98 Å². The van der Waals surface area contributed by atoms with E-state index in [2.05, 4.69) is 10.3 Å². The van der Waals surface area contributed by atoms with Gasteiger partial charge in [0.1, 0.15) is 0 Å². The monoisotopic (exact) mass is 331 g/mol. The highest BCUT2D eigenvalue weighted by molar-refractivity contribution is 7.16. The SMILES string of the molecule is CN(C)c1ccc(Cl)cc1NC(=O)c1ccc2ncsc2c1. The first-order chi connectivity index (χ1) is 10.5. The molecule has 0 radical (unpaired) electrons. The highest BCUT2D eigenvalue weighted by Gasteiger charge is 2.12. The fourth-order valence-electron chi connectivity index (χ4n) is 2.19. The Morgan fingerprint density at radius 1 is 1.23 bits per heavy atom. The quantitative estimate of drug-likeness (QED) is 0.779. The van der Waals surface area contributed by atoms with Crippen molar-refractivity contribution in [3.63, 3.8) is 0 Å². The van der Waals surface area contributed by atoms with E-state index >= 15 is 0 Å². The van der Waals surface area contributed by atoms with Crippen molar-refractivity contribution < 1.29 is 4.79 Å². The number of anilines is 2. The van der Waals surface area contributed by atoms with Crippen molar-refractivity contribution in [2.24, 2.45) is 0 Å². The van der Waals surface area contributed by atoms with Gasteiger partial charge in [0.05, 0.1) is 27.1 Å². The van der Waals surface area contributed by atoms with E-state index in [1.54, 1.807) is 23.7 Å². The zero-order chi connectivity index (χ0) is 15.7. The molecule has 0 fully saturated rings. The van der Waals surface area contributed by atoms with Crippen LogP contribution in [-0.4, -0.2) is 25.0 Å². The average molecular weight is 332 g/mol. The van der Waals surface area contributed by atoms with Gasteiger partial charge in [-0.3, -0.25) is 4.79 Å². The van der Waals surface area contributed by atoms with Gasteiger partial charge in [-0.1, -0.05) is 11.6 Å². The lowest BCUT2D eigenvalue weighted by atomic mass is 10.2. The van der Waals surface area contributed by atoms with Gasteiger partial charge in [-0.2, -0.15) is 0 Å². The molecule has 3 aromatic rings. The van der Waals surface area contributed by atoms with Crippen molar-refractivity contribution in [3.8, 4) is 0 Å². The number of benzene rings is 2. The number of hydrogen-bond donors (Lipinski definition) is 1. The van der Waals surface area contributed by atoms with Crippen LogP contribution in [0.1, 0.15) is 10.4 Å². The molecular weight excluding hydrogens is 318 g/mol. The number of thiazole rings is 1. The first kappa shape index (κ1) is 14.8. The fourth-order valence-corrected chi connectivity index (χ4v) is 3.08. The molecule has 1 aromatic heterocycles. The number of carbonyl (C=O) groups is 1. The van der Waals surface area contributed by atoms with Crippen molar-refractivity contribution in [1.29, 1.82) is 0 Å². The van der Waals surface area contributed by atoms with Crippen molar-refractivity contribution in [2.75, 3.05) is 24.3 Å². The molecule has 0 aliphatic carbocycles. The normalized spacial score (nSPS) is 10.7. The van der Waals surface area contributed by atoms with Crippen molar-refractivity contribution >= 4 is 50.4 Å². The molecule has 6 heteroatoms. The first-order valence-corrected chi connectivity index (χ1v) is 7.92. The van der Waals surface area contributed by atoms with Crippen LogP contribution < -0.4 is 10.2 Å². The van der Waals surface area contributed by atoms with Gasteiger partial charge >= 0.3 is 0 Å². The van der Waals surface area contributed by atoms with Gasteiger partial charge in [0, 0.05) is 24.7 Å². The summed E-state index contributed by atoms with van der Waals surface area (Å²) in [5.41, 5.74) is 4.86. The van der Waals surface area contributed by atoms with Crippen LogP contribution in [-0.2, 0) is 0 Å². The Hall–Kier alpha value is -2.11. The summed E-state index contributed by atoms with van der Waals surface area (Å²) in [6.07, 6.45) is 0. The smallest absolute Gasteiger partial charge is 0.255 e. The summed E-state index contributed by atoms with van der Waals surface area (Å²) >= 11 is 7.55. The molecule has 1 amide bonds. The zero-order valence-corrected chi connectivity index (χ0v) is 13.7. The maximum atomic E-state index is 12.5. The number of fused-ring (bicyclic) bond motifs is 1. The summed E-state index contributed by atoms with van der Waals surface area (Å²) < 4.78 is 0.992. The van der Waals surface area contributed by atoms with Gasteiger partial charge in [0.2, 0.25) is 0 Å². The molecule has 4 nitrogen and oxygen atoms in total. The summed E-state index contributed by atoms with van der Waals surface area (Å²) in [5, 5.41) is 3.51. The summed E-state index contributed by atoms with van der Waals surface area (Å²) in [7, 11) is 3.84. The second-order valence-electron chi connectivity index (χ2n) is 5.04. The lowest BCUT2D eigenvalue weighted by Crippen LogP contribution is -2.16. The minimum absolute atomic E-state index is 0.166. The molecule has 0 aliphatic heterocycles. The van der Waals surface area contributed by atoms with Crippen LogP contribution in [0.5, 0.6) is 0 Å². The molecule has 0 saturated carbocycles. The van der Waals surface area contributed by atoms with Gasteiger partial charge in [-0.15, -0.1) is 11.3 Å². The van der Waals surface area contributed by atoms with Gasteiger partial charge in [-0.25, -0.2) is 4.98 Å². The molecule has 0 unspecified atom stereocenters. The van der Waals surface area contributed by atoms with Crippen molar-refractivity contribution in [3.05, 3.63) is 52.5 Å². The molecule has 112 valence electrons. The van der Waals surface area contributed by atoms with Crippen LogP contribution >= 0.6 is 22.9 Å². The second kappa shape index (κ2) is 5.94. The summed E-state index contributed by atoms with van der Waals surface area (Å²) in [6, 6.07) is 10.9. The maximum Gasteiger partial charge on any atom is 0.255 e. The molecule has 0 aliphatic rings. The predicted octanol–water partition coefficient (Wildman–Crippen LogP) is 4.27. The maximum absolute atomic E-state index is 12.5. The van der Waals surface area contributed by atoms with Crippen molar-refractivity contribution in [2.45, 2.75) is 0 Å². The van der Waals surface area contributed by atoms with E-state index in [1.807, 2.05) is 37.2 Å². The van der Waals surface area contributed by atoms with Crippen LogP contribution in [0.2, 0.25) is 5.02 Å². The van der Waals surface area contributed by atoms with Crippen LogP contribution in [0.25, 0.3) is 10.2 Å². The number of carbonyl (C=O) groups excluding carboxylic acids is 1. The van der Waals surface area contributed by atoms with E-state index in [-0.39, 0.29) is 5.91 Å². The number of nitrogens with zero attached hydrogens (tertiary/aromatic N) is 2. The Kier molecular flexibility index (Phi) is 4.00. The molecule has 0 spiro atoms. The molecular formula is C16H14ClN3OS. The minimum Gasteiger partial charge on any atom is -0.376 e. The number of aromatic nitrogens is 1. The van der Waals surface area contributed by atoms with Gasteiger partial charge in [0.25, 0.3) is 5.91 Å². The van der Waals surface area contributed by atoms with E-state index < -0.39 is 0 Å². The van der Waals surface area contributed by atoms with Crippen LogP contribution in [0.4, 0.5) is 11.4 Å². The number of rotatable bonds is 3. The van der Waals surface area contributed by atoms with E-state index in [0.717, 1.165) is 15.9 Å². The van der Waals surface area contributed by atoms with Crippen LogP contribution in [0.3, 0.4) is 0 Å². The first-order valence-electron chi connectivity index (χ1n) is 6.66. The minimum atomic E-state index is -0.166. The highest BCUT2D eigenvalue weighted by Crippen LogP contribution is 2.28. The second-order valence-corrected chi connectivity index (χ2v) is 6.37. The van der Waals surface area contributed by atoms with E-state index in [1.165, 1.54) is 11.3 Å². The topological polar surface area (TPSA) is 45.2 Å². The average Bonchev–Trinajstić information content (AvgIpc) is 2.94. The zero-order valence-electron chi connectivity index (χ0n) is 12.1. The third-order valence-electron chi connectivity index (χ3n) is 3.28. The third-order valence-corrected chi connectivity index (χ3v) is 4.31. The Labute approximate surface area is 137 Å². The molecule has 2 aromatic carbocycles. The van der Waals surface area contributed by atoms with Crippen LogP contribution in [0.15, 0.2) is 41.9 Å².